The zero-order valence-corrected chi connectivity index (χ0v) is 8.05. The van der Waals surface area contributed by atoms with E-state index in [1.807, 2.05) is 13.8 Å². The Labute approximate surface area is 65.0 Å². The highest BCUT2D eigenvalue weighted by Gasteiger charge is 2.35. The van der Waals surface area contributed by atoms with Gasteiger partial charge in [-0.3, -0.25) is 0 Å². The number of halogens is 2. The maximum absolute atomic E-state index is 13.1. The molecule has 56 valence electrons. The van der Waals surface area contributed by atoms with Crippen LogP contribution in [-0.4, -0.2) is 11.0 Å². The van der Waals surface area contributed by atoms with Gasteiger partial charge in [-0.25, -0.2) is 4.39 Å². The first kappa shape index (κ1) is 9.41. The van der Waals surface area contributed by atoms with Crippen LogP contribution >= 0.6 is 15.9 Å². The van der Waals surface area contributed by atoms with Gasteiger partial charge in [-0.15, -0.1) is 0 Å². The minimum Gasteiger partial charge on any atom is -0.244 e. The Balaban J connectivity index is 4.14. The molecule has 0 N–H and O–H groups in total. The van der Waals surface area contributed by atoms with Gasteiger partial charge in [-0.05, 0) is 13.8 Å². The lowest BCUT2D eigenvalue weighted by Gasteiger charge is -2.32. The first-order chi connectivity index (χ1) is 3.81. The normalized spacial score (nSPS) is 14.0. The van der Waals surface area contributed by atoms with E-state index in [-0.39, 0.29) is 5.41 Å². The van der Waals surface area contributed by atoms with Crippen molar-refractivity contribution in [3.63, 3.8) is 0 Å². The van der Waals surface area contributed by atoms with E-state index in [1.54, 1.807) is 13.8 Å². The maximum atomic E-state index is 13.1. The Morgan fingerprint density at radius 3 is 1.56 bits per heavy atom. The number of hydrogen-bond donors (Lipinski definition) is 0. The van der Waals surface area contributed by atoms with Crippen molar-refractivity contribution in [1.82, 2.24) is 0 Å². The Bertz CT molecular complexity index is 91.6. The van der Waals surface area contributed by atoms with Gasteiger partial charge in [0.05, 0.1) is 0 Å². The van der Waals surface area contributed by atoms with E-state index in [2.05, 4.69) is 15.9 Å². The molecule has 0 heterocycles. The van der Waals surface area contributed by atoms with E-state index in [9.17, 15) is 4.39 Å². The molecule has 0 spiro atoms. The van der Waals surface area contributed by atoms with Gasteiger partial charge < -0.3 is 0 Å². The second-order valence-electron chi connectivity index (χ2n) is 3.49. The summed E-state index contributed by atoms with van der Waals surface area (Å²) in [5, 5.41) is 0.698. The van der Waals surface area contributed by atoms with Gasteiger partial charge in [0.25, 0.3) is 0 Å². The molecular formula is C7H14BrF. The molecule has 0 rings (SSSR count). The van der Waals surface area contributed by atoms with E-state index in [0.29, 0.717) is 5.33 Å². The maximum Gasteiger partial charge on any atom is 0.111 e. The summed E-state index contributed by atoms with van der Waals surface area (Å²) < 4.78 is 13.1. The average molecular weight is 197 g/mol. The Morgan fingerprint density at radius 1 is 1.22 bits per heavy atom. The monoisotopic (exact) mass is 196 g/mol. The van der Waals surface area contributed by atoms with Crippen LogP contribution in [0.25, 0.3) is 0 Å². The van der Waals surface area contributed by atoms with Crippen LogP contribution in [0.4, 0.5) is 4.39 Å². The molecule has 0 amide bonds. The van der Waals surface area contributed by atoms with Crippen LogP contribution in [-0.2, 0) is 0 Å². The van der Waals surface area contributed by atoms with Gasteiger partial charge >= 0.3 is 0 Å². The van der Waals surface area contributed by atoms with Crippen LogP contribution in [0, 0.1) is 5.41 Å². The van der Waals surface area contributed by atoms with Crippen molar-refractivity contribution in [3.8, 4) is 0 Å². The van der Waals surface area contributed by atoms with Crippen LogP contribution < -0.4 is 0 Å². The van der Waals surface area contributed by atoms with Crippen molar-refractivity contribution in [2.75, 3.05) is 5.33 Å². The van der Waals surface area contributed by atoms with Crippen molar-refractivity contribution in [2.45, 2.75) is 33.4 Å². The predicted octanol–water partition coefficient (Wildman–Crippen LogP) is 3.16. The summed E-state index contributed by atoms with van der Waals surface area (Å²) in [6.45, 7) is 7.02. The molecule has 0 aliphatic heterocycles. The van der Waals surface area contributed by atoms with Crippen molar-refractivity contribution < 1.29 is 4.39 Å². The molecule has 0 unspecified atom stereocenters. The van der Waals surface area contributed by atoms with E-state index in [4.69, 9.17) is 0 Å². The first-order valence-electron chi connectivity index (χ1n) is 3.06. The molecule has 0 radical (unpaired) electrons. The quantitative estimate of drug-likeness (QED) is 0.596. The summed E-state index contributed by atoms with van der Waals surface area (Å²) in [4.78, 5) is 0. The van der Waals surface area contributed by atoms with E-state index in [1.165, 1.54) is 0 Å². The fraction of sp³-hybridized carbons (Fsp3) is 1.00. The van der Waals surface area contributed by atoms with Crippen molar-refractivity contribution in [2.24, 2.45) is 5.41 Å². The zero-order chi connectivity index (χ0) is 7.71. The molecule has 0 aromatic heterocycles. The summed E-state index contributed by atoms with van der Waals surface area (Å²) in [6.07, 6.45) is 0. The molecule has 0 bridgehead atoms. The second-order valence-corrected chi connectivity index (χ2v) is 4.05. The Hall–Kier alpha value is 0.410. The standard InChI is InChI=1S/C7H14BrF/c1-6(2,5-8)7(3,4)9/h5H2,1-4H3. The van der Waals surface area contributed by atoms with Gasteiger partial charge in [0.15, 0.2) is 0 Å². The van der Waals surface area contributed by atoms with Crippen LogP contribution in [0.5, 0.6) is 0 Å². The minimum atomic E-state index is -1.10. The first-order valence-corrected chi connectivity index (χ1v) is 4.18. The number of hydrogen-bond acceptors (Lipinski definition) is 0. The molecule has 2 heteroatoms. The van der Waals surface area contributed by atoms with Crippen LogP contribution in [0.15, 0.2) is 0 Å². The van der Waals surface area contributed by atoms with E-state index >= 15 is 0 Å². The minimum absolute atomic E-state index is 0.271. The summed E-state index contributed by atoms with van der Waals surface area (Å²) in [5.41, 5.74) is -1.37. The number of alkyl halides is 2. The highest BCUT2D eigenvalue weighted by Crippen LogP contribution is 2.35. The Kier molecular flexibility index (Phi) is 2.68. The third-order valence-corrected chi connectivity index (χ3v) is 3.35. The largest absolute Gasteiger partial charge is 0.244 e. The van der Waals surface area contributed by atoms with Gasteiger partial charge in [-0.1, -0.05) is 29.8 Å². The summed E-state index contributed by atoms with van der Waals surface area (Å²) in [7, 11) is 0. The van der Waals surface area contributed by atoms with Gasteiger partial charge in [0, 0.05) is 10.7 Å². The molecule has 0 aromatic carbocycles. The molecule has 0 saturated heterocycles. The fourth-order valence-electron chi connectivity index (χ4n) is 0.159. The van der Waals surface area contributed by atoms with Crippen LogP contribution in [0.3, 0.4) is 0 Å². The lowest BCUT2D eigenvalue weighted by Crippen LogP contribution is -2.35. The molecule has 0 aliphatic carbocycles. The third kappa shape index (κ3) is 2.24. The summed E-state index contributed by atoms with van der Waals surface area (Å²) in [6, 6.07) is 0. The van der Waals surface area contributed by atoms with Crippen LogP contribution in [0.2, 0.25) is 0 Å². The predicted molar refractivity (Wildman–Crippen MR) is 42.8 cm³/mol. The Morgan fingerprint density at radius 2 is 1.56 bits per heavy atom. The van der Waals surface area contributed by atoms with E-state index < -0.39 is 5.67 Å². The highest BCUT2D eigenvalue weighted by atomic mass is 79.9. The topological polar surface area (TPSA) is 0 Å². The molecule has 0 aliphatic rings. The molecule has 0 aromatic rings. The van der Waals surface area contributed by atoms with Gasteiger partial charge in [0.1, 0.15) is 5.67 Å². The van der Waals surface area contributed by atoms with Crippen LogP contribution in [0.1, 0.15) is 27.7 Å². The number of rotatable bonds is 2. The van der Waals surface area contributed by atoms with Crippen molar-refractivity contribution >= 4 is 15.9 Å². The average Bonchev–Trinajstić information content (AvgIpc) is 1.64. The van der Waals surface area contributed by atoms with Gasteiger partial charge in [-0.2, -0.15) is 0 Å². The lowest BCUT2D eigenvalue weighted by molar-refractivity contribution is 0.0734. The summed E-state index contributed by atoms with van der Waals surface area (Å²) >= 11 is 3.27. The second kappa shape index (κ2) is 2.57. The molecule has 0 saturated carbocycles. The fourth-order valence-corrected chi connectivity index (χ4v) is 0.826. The van der Waals surface area contributed by atoms with E-state index in [0.717, 1.165) is 0 Å². The van der Waals surface area contributed by atoms with Crippen molar-refractivity contribution in [3.05, 3.63) is 0 Å². The molecular weight excluding hydrogens is 183 g/mol. The summed E-state index contributed by atoms with van der Waals surface area (Å²) in [5.74, 6) is 0. The zero-order valence-electron chi connectivity index (χ0n) is 6.46. The molecule has 0 nitrogen and oxygen atoms in total. The molecule has 9 heavy (non-hydrogen) atoms. The third-order valence-electron chi connectivity index (χ3n) is 1.94. The SMILES string of the molecule is CC(C)(F)C(C)(C)CBr. The highest BCUT2D eigenvalue weighted by molar-refractivity contribution is 9.09. The molecule has 0 atom stereocenters. The lowest BCUT2D eigenvalue weighted by atomic mass is 9.81. The molecule has 0 fully saturated rings. The van der Waals surface area contributed by atoms with Crippen molar-refractivity contribution in [1.29, 1.82) is 0 Å². The smallest absolute Gasteiger partial charge is 0.111 e. The van der Waals surface area contributed by atoms with Gasteiger partial charge in [0.2, 0.25) is 0 Å².